The standard InChI is InChI=1S/C18H21NO3/c1-4-16(13-8-6-5-7-9-13)19-18(20)15-11-10-14(21-2)12-17(15)22-3/h5-12,16H,4H2,1-3H3,(H,19,20)/t16-/m0/s1. The largest absolute Gasteiger partial charge is 0.497 e. The summed E-state index contributed by atoms with van der Waals surface area (Å²) < 4.78 is 10.4. The van der Waals surface area contributed by atoms with E-state index in [1.807, 2.05) is 37.3 Å². The zero-order valence-electron chi connectivity index (χ0n) is 13.1. The lowest BCUT2D eigenvalue weighted by molar-refractivity contribution is 0.0932. The van der Waals surface area contributed by atoms with Crippen molar-refractivity contribution in [1.29, 1.82) is 0 Å². The molecule has 1 atom stereocenters. The fourth-order valence-corrected chi connectivity index (χ4v) is 2.33. The summed E-state index contributed by atoms with van der Waals surface area (Å²) in [5.41, 5.74) is 1.59. The highest BCUT2D eigenvalue weighted by atomic mass is 16.5. The van der Waals surface area contributed by atoms with Crippen molar-refractivity contribution in [3.8, 4) is 11.5 Å². The summed E-state index contributed by atoms with van der Waals surface area (Å²) in [5, 5.41) is 3.05. The molecule has 0 aliphatic rings. The molecule has 4 heteroatoms. The summed E-state index contributed by atoms with van der Waals surface area (Å²) in [7, 11) is 3.12. The van der Waals surface area contributed by atoms with E-state index in [0.717, 1.165) is 12.0 Å². The maximum absolute atomic E-state index is 12.5. The van der Waals surface area contributed by atoms with E-state index < -0.39 is 0 Å². The van der Waals surface area contributed by atoms with Crippen molar-refractivity contribution in [3.63, 3.8) is 0 Å². The number of hydrogen-bond acceptors (Lipinski definition) is 3. The Morgan fingerprint density at radius 3 is 2.41 bits per heavy atom. The van der Waals surface area contributed by atoms with Crippen LogP contribution in [0.2, 0.25) is 0 Å². The van der Waals surface area contributed by atoms with E-state index in [9.17, 15) is 4.79 Å². The predicted molar refractivity (Wildman–Crippen MR) is 86.5 cm³/mol. The van der Waals surface area contributed by atoms with Gasteiger partial charge in [0.25, 0.3) is 5.91 Å². The molecule has 4 nitrogen and oxygen atoms in total. The van der Waals surface area contributed by atoms with E-state index in [0.29, 0.717) is 17.1 Å². The summed E-state index contributed by atoms with van der Waals surface area (Å²) >= 11 is 0. The minimum atomic E-state index is -0.157. The molecule has 0 heterocycles. The number of hydrogen-bond donors (Lipinski definition) is 1. The molecule has 2 rings (SSSR count). The highest BCUT2D eigenvalue weighted by Crippen LogP contribution is 2.25. The Kier molecular flexibility index (Phi) is 5.42. The third-order valence-corrected chi connectivity index (χ3v) is 3.57. The Hall–Kier alpha value is -2.49. The molecule has 22 heavy (non-hydrogen) atoms. The second-order valence-corrected chi connectivity index (χ2v) is 4.91. The van der Waals surface area contributed by atoms with Gasteiger partial charge in [-0.25, -0.2) is 0 Å². The Morgan fingerprint density at radius 2 is 1.82 bits per heavy atom. The lowest BCUT2D eigenvalue weighted by Gasteiger charge is -2.18. The van der Waals surface area contributed by atoms with Crippen LogP contribution in [0.15, 0.2) is 48.5 Å². The number of benzene rings is 2. The number of nitrogens with one attached hydrogen (secondary N) is 1. The van der Waals surface area contributed by atoms with Crippen LogP contribution in [0.1, 0.15) is 35.3 Å². The number of ether oxygens (including phenoxy) is 2. The third kappa shape index (κ3) is 3.58. The quantitative estimate of drug-likeness (QED) is 0.887. The van der Waals surface area contributed by atoms with Crippen LogP contribution < -0.4 is 14.8 Å². The number of carbonyl (C=O) groups is 1. The van der Waals surface area contributed by atoms with E-state index >= 15 is 0 Å². The molecular formula is C18H21NO3. The van der Waals surface area contributed by atoms with Crippen molar-refractivity contribution in [3.05, 3.63) is 59.7 Å². The molecule has 1 N–H and O–H groups in total. The molecule has 2 aromatic rings. The van der Waals surface area contributed by atoms with Gasteiger partial charge >= 0.3 is 0 Å². The topological polar surface area (TPSA) is 47.6 Å². The highest BCUT2D eigenvalue weighted by molar-refractivity contribution is 5.97. The first-order chi connectivity index (χ1) is 10.7. The monoisotopic (exact) mass is 299 g/mol. The molecule has 0 saturated carbocycles. The minimum Gasteiger partial charge on any atom is -0.497 e. The summed E-state index contributed by atoms with van der Waals surface area (Å²) in [6.07, 6.45) is 0.814. The van der Waals surface area contributed by atoms with Crippen molar-refractivity contribution >= 4 is 5.91 Å². The molecule has 0 spiro atoms. The smallest absolute Gasteiger partial charge is 0.255 e. The zero-order chi connectivity index (χ0) is 15.9. The number of rotatable bonds is 6. The molecule has 0 saturated heterocycles. The third-order valence-electron chi connectivity index (χ3n) is 3.57. The van der Waals surface area contributed by atoms with Gasteiger partial charge in [-0.1, -0.05) is 37.3 Å². The molecule has 0 aromatic heterocycles. The van der Waals surface area contributed by atoms with Crippen LogP contribution >= 0.6 is 0 Å². The number of amides is 1. The van der Waals surface area contributed by atoms with Gasteiger partial charge in [0.15, 0.2) is 0 Å². The van der Waals surface area contributed by atoms with Crippen LogP contribution in [-0.4, -0.2) is 20.1 Å². The molecule has 1 amide bonds. The molecule has 0 bridgehead atoms. The summed E-state index contributed by atoms with van der Waals surface area (Å²) in [6, 6.07) is 15.1. The van der Waals surface area contributed by atoms with Crippen LogP contribution in [0.25, 0.3) is 0 Å². The molecule has 0 radical (unpaired) electrons. The predicted octanol–water partition coefficient (Wildman–Crippen LogP) is 3.58. The fraction of sp³-hybridized carbons (Fsp3) is 0.278. The first kappa shape index (κ1) is 15.9. The molecule has 0 unspecified atom stereocenters. The fourth-order valence-electron chi connectivity index (χ4n) is 2.33. The van der Waals surface area contributed by atoms with Gasteiger partial charge in [-0.3, -0.25) is 4.79 Å². The second kappa shape index (κ2) is 7.50. The Balaban J connectivity index is 2.21. The molecule has 116 valence electrons. The van der Waals surface area contributed by atoms with Crippen LogP contribution in [-0.2, 0) is 0 Å². The van der Waals surface area contributed by atoms with Crippen molar-refractivity contribution in [2.45, 2.75) is 19.4 Å². The first-order valence-corrected chi connectivity index (χ1v) is 7.27. The van der Waals surface area contributed by atoms with Crippen molar-refractivity contribution in [2.24, 2.45) is 0 Å². The molecule has 0 aliphatic heterocycles. The van der Waals surface area contributed by atoms with E-state index in [2.05, 4.69) is 5.32 Å². The van der Waals surface area contributed by atoms with Gasteiger partial charge in [0.2, 0.25) is 0 Å². The lowest BCUT2D eigenvalue weighted by Crippen LogP contribution is -2.28. The molecule has 0 aliphatic carbocycles. The second-order valence-electron chi connectivity index (χ2n) is 4.91. The maximum atomic E-state index is 12.5. The van der Waals surface area contributed by atoms with Crippen LogP contribution in [0.4, 0.5) is 0 Å². The number of carbonyl (C=O) groups excluding carboxylic acids is 1. The molecular weight excluding hydrogens is 278 g/mol. The van der Waals surface area contributed by atoms with Crippen LogP contribution in [0.5, 0.6) is 11.5 Å². The minimum absolute atomic E-state index is 0.0273. The summed E-state index contributed by atoms with van der Waals surface area (Å²) in [6.45, 7) is 2.04. The van der Waals surface area contributed by atoms with Crippen molar-refractivity contribution < 1.29 is 14.3 Å². The lowest BCUT2D eigenvalue weighted by atomic mass is 10.0. The zero-order valence-corrected chi connectivity index (χ0v) is 13.1. The van der Waals surface area contributed by atoms with Gasteiger partial charge in [0.05, 0.1) is 25.8 Å². The number of methoxy groups -OCH3 is 2. The summed E-state index contributed by atoms with van der Waals surface area (Å²) in [4.78, 5) is 12.5. The van der Waals surface area contributed by atoms with E-state index in [1.165, 1.54) is 0 Å². The van der Waals surface area contributed by atoms with Gasteiger partial charge in [-0.2, -0.15) is 0 Å². The average molecular weight is 299 g/mol. The Morgan fingerprint density at radius 1 is 1.09 bits per heavy atom. The summed E-state index contributed by atoms with van der Waals surface area (Å²) in [5.74, 6) is 0.999. The van der Waals surface area contributed by atoms with Crippen molar-refractivity contribution in [2.75, 3.05) is 14.2 Å². The maximum Gasteiger partial charge on any atom is 0.255 e. The highest BCUT2D eigenvalue weighted by Gasteiger charge is 2.17. The van der Waals surface area contributed by atoms with Gasteiger partial charge in [-0.05, 0) is 24.1 Å². The molecule has 2 aromatic carbocycles. The van der Waals surface area contributed by atoms with E-state index in [1.54, 1.807) is 32.4 Å². The van der Waals surface area contributed by atoms with Crippen LogP contribution in [0.3, 0.4) is 0 Å². The SMILES string of the molecule is CC[C@H](NC(=O)c1ccc(OC)cc1OC)c1ccccc1. The van der Waals surface area contributed by atoms with E-state index in [4.69, 9.17) is 9.47 Å². The average Bonchev–Trinajstić information content (AvgIpc) is 2.59. The molecule has 0 fully saturated rings. The Bertz CT molecular complexity index is 625. The van der Waals surface area contributed by atoms with Gasteiger partial charge in [0.1, 0.15) is 11.5 Å². The van der Waals surface area contributed by atoms with Gasteiger partial charge in [-0.15, -0.1) is 0 Å². The van der Waals surface area contributed by atoms with Crippen molar-refractivity contribution in [1.82, 2.24) is 5.32 Å². The first-order valence-electron chi connectivity index (χ1n) is 7.27. The van der Waals surface area contributed by atoms with Crippen LogP contribution in [0, 0.1) is 0 Å². The van der Waals surface area contributed by atoms with Gasteiger partial charge < -0.3 is 14.8 Å². The van der Waals surface area contributed by atoms with E-state index in [-0.39, 0.29) is 11.9 Å². The Labute approximate surface area is 131 Å². The van der Waals surface area contributed by atoms with Gasteiger partial charge in [0, 0.05) is 6.07 Å². The normalized spacial score (nSPS) is 11.6.